The molecule has 0 heterocycles. The van der Waals surface area contributed by atoms with Crippen molar-refractivity contribution in [1.82, 2.24) is 5.32 Å². The first-order valence-electron chi connectivity index (χ1n) is 12.4. The zero-order valence-corrected chi connectivity index (χ0v) is 19.8. The molecule has 4 rings (SSSR count). The van der Waals surface area contributed by atoms with Crippen molar-refractivity contribution in [2.45, 2.75) is 89.6 Å². The number of ether oxygens (including phenoxy) is 1. The fourth-order valence-electron chi connectivity index (χ4n) is 5.62. The van der Waals surface area contributed by atoms with Gasteiger partial charge in [-0.3, -0.25) is 4.79 Å². The SMILES string of the molecule is CC[C@H]1CC[C@@H](Oc2ccc3ccc(C(C)NC4CCC(C(=O)O)C4)cc3c2C(F)(F)F)CC1. The van der Waals surface area contributed by atoms with Crippen molar-refractivity contribution in [3.63, 3.8) is 0 Å². The van der Waals surface area contributed by atoms with Crippen LogP contribution in [-0.4, -0.2) is 23.2 Å². The van der Waals surface area contributed by atoms with Crippen molar-refractivity contribution >= 4 is 16.7 Å². The van der Waals surface area contributed by atoms with E-state index < -0.39 is 17.7 Å². The number of hydrogen-bond donors (Lipinski definition) is 2. The van der Waals surface area contributed by atoms with Crippen LogP contribution in [0.15, 0.2) is 30.3 Å². The van der Waals surface area contributed by atoms with Gasteiger partial charge in [0.2, 0.25) is 0 Å². The van der Waals surface area contributed by atoms with Crippen molar-refractivity contribution < 1.29 is 27.8 Å². The molecule has 0 saturated heterocycles. The van der Waals surface area contributed by atoms with Crippen LogP contribution in [0.5, 0.6) is 5.75 Å². The summed E-state index contributed by atoms with van der Waals surface area (Å²) in [6.45, 7) is 4.07. The molecule has 0 radical (unpaired) electrons. The van der Waals surface area contributed by atoms with Crippen LogP contribution in [0.1, 0.15) is 82.4 Å². The van der Waals surface area contributed by atoms with Gasteiger partial charge in [0.25, 0.3) is 0 Å². The molecule has 2 aromatic carbocycles. The summed E-state index contributed by atoms with van der Waals surface area (Å²) in [6.07, 6.45) is 1.85. The third kappa shape index (κ3) is 5.51. The van der Waals surface area contributed by atoms with Crippen LogP contribution in [0.25, 0.3) is 10.8 Å². The number of fused-ring (bicyclic) bond motifs is 1. The third-order valence-electron chi connectivity index (χ3n) is 7.72. The first-order chi connectivity index (χ1) is 16.2. The Bertz CT molecular complexity index is 1010. The largest absolute Gasteiger partial charge is 0.490 e. The average Bonchev–Trinajstić information content (AvgIpc) is 3.27. The van der Waals surface area contributed by atoms with Gasteiger partial charge < -0.3 is 15.2 Å². The van der Waals surface area contributed by atoms with Crippen LogP contribution in [0.4, 0.5) is 13.2 Å². The minimum absolute atomic E-state index is 0.0433. The molecule has 3 unspecified atom stereocenters. The van der Waals surface area contributed by atoms with Crippen LogP contribution in [-0.2, 0) is 11.0 Å². The number of carboxylic acid groups (broad SMARTS) is 1. The van der Waals surface area contributed by atoms with E-state index in [1.54, 1.807) is 18.2 Å². The zero-order chi connectivity index (χ0) is 24.5. The maximum atomic E-state index is 14.3. The topological polar surface area (TPSA) is 58.6 Å². The molecule has 3 atom stereocenters. The number of aliphatic carboxylic acids is 1. The molecule has 2 saturated carbocycles. The van der Waals surface area contributed by atoms with Crippen LogP contribution in [0.2, 0.25) is 0 Å². The highest BCUT2D eigenvalue weighted by molar-refractivity contribution is 5.89. The fraction of sp³-hybridized carbons (Fsp3) is 0.593. The maximum absolute atomic E-state index is 14.3. The minimum Gasteiger partial charge on any atom is -0.490 e. The van der Waals surface area contributed by atoms with Crippen molar-refractivity contribution in [2.75, 3.05) is 0 Å². The summed E-state index contributed by atoms with van der Waals surface area (Å²) in [5.41, 5.74) is 0.0425. The summed E-state index contributed by atoms with van der Waals surface area (Å²) in [5.74, 6) is -0.586. The lowest BCUT2D eigenvalue weighted by atomic mass is 9.86. The predicted octanol–water partition coefficient (Wildman–Crippen LogP) is 7.11. The van der Waals surface area contributed by atoms with Crippen molar-refractivity contribution in [3.05, 3.63) is 41.5 Å². The molecule has 186 valence electrons. The number of halogens is 3. The molecule has 4 nitrogen and oxygen atoms in total. The molecule has 2 aliphatic carbocycles. The van der Waals surface area contributed by atoms with Crippen molar-refractivity contribution in [2.24, 2.45) is 11.8 Å². The van der Waals surface area contributed by atoms with Crippen LogP contribution < -0.4 is 10.1 Å². The summed E-state index contributed by atoms with van der Waals surface area (Å²) in [7, 11) is 0. The molecule has 2 fully saturated rings. The molecule has 2 aromatic rings. The number of rotatable bonds is 7. The van der Waals surface area contributed by atoms with Gasteiger partial charge >= 0.3 is 12.1 Å². The third-order valence-corrected chi connectivity index (χ3v) is 7.72. The Labute approximate surface area is 198 Å². The normalized spacial score (nSPS) is 26.5. The van der Waals surface area contributed by atoms with Gasteiger partial charge in [0.05, 0.1) is 12.0 Å². The first kappa shape index (κ1) is 24.8. The lowest BCUT2D eigenvalue weighted by Crippen LogP contribution is -2.30. The van der Waals surface area contributed by atoms with Gasteiger partial charge in [-0.2, -0.15) is 13.2 Å². The molecule has 0 bridgehead atoms. The van der Waals surface area contributed by atoms with Gasteiger partial charge in [0.1, 0.15) is 11.3 Å². The number of alkyl halides is 3. The molecular weight excluding hydrogens is 443 g/mol. The summed E-state index contributed by atoms with van der Waals surface area (Å²) in [6, 6.07) is 8.19. The highest BCUT2D eigenvalue weighted by Crippen LogP contribution is 2.43. The number of hydrogen-bond acceptors (Lipinski definition) is 3. The molecule has 2 N–H and O–H groups in total. The highest BCUT2D eigenvalue weighted by Gasteiger charge is 2.38. The molecular formula is C27H34F3NO3. The lowest BCUT2D eigenvalue weighted by molar-refractivity contribution is -0.141. The Balaban J connectivity index is 1.58. The molecule has 0 spiro atoms. The second kappa shape index (κ2) is 10.1. The quantitative estimate of drug-likeness (QED) is 0.446. The minimum atomic E-state index is -4.54. The van der Waals surface area contributed by atoms with E-state index in [9.17, 15) is 23.1 Å². The second-order valence-electron chi connectivity index (χ2n) is 10.0. The van der Waals surface area contributed by atoms with E-state index in [1.165, 1.54) is 6.07 Å². The molecule has 34 heavy (non-hydrogen) atoms. The molecule has 2 aliphatic rings. The summed E-state index contributed by atoms with van der Waals surface area (Å²) in [4.78, 5) is 11.2. The van der Waals surface area contributed by atoms with Gasteiger partial charge in [-0.25, -0.2) is 0 Å². The standard InChI is InChI=1S/C27H34F3NO3/c1-3-17-4-11-22(12-5-17)34-24-13-9-18-6-7-19(15-23(18)25(24)27(28,29)30)16(2)31-21-10-8-20(14-21)26(32)33/h6-7,9,13,15-17,20-22,31H,3-5,8,10-12,14H2,1-2H3,(H,32,33)/t16?,17-,20?,21?,22+. The zero-order valence-electron chi connectivity index (χ0n) is 19.8. The second-order valence-corrected chi connectivity index (χ2v) is 10.0. The molecule has 0 amide bonds. The number of carboxylic acids is 1. The van der Waals surface area contributed by atoms with Crippen molar-refractivity contribution in [1.29, 1.82) is 0 Å². The number of carbonyl (C=O) groups is 1. The fourth-order valence-corrected chi connectivity index (χ4v) is 5.62. The van der Waals surface area contributed by atoms with E-state index in [4.69, 9.17) is 4.74 Å². The van der Waals surface area contributed by atoms with Crippen LogP contribution in [0, 0.1) is 11.8 Å². The van der Waals surface area contributed by atoms with Gasteiger partial charge in [-0.05, 0) is 86.3 Å². The van der Waals surface area contributed by atoms with E-state index in [2.05, 4.69) is 12.2 Å². The number of benzene rings is 2. The van der Waals surface area contributed by atoms with E-state index in [0.29, 0.717) is 24.1 Å². The molecule has 7 heteroatoms. The number of nitrogens with one attached hydrogen (secondary N) is 1. The Kier molecular flexibility index (Phi) is 7.41. The van der Waals surface area contributed by atoms with Crippen molar-refractivity contribution in [3.8, 4) is 5.75 Å². The predicted molar refractivity (Wildman–Crippen MR) is 126 cm³/mol. The summed E-state index contributed by atoms with van der Waals surface area (Å²) in [5, 5.41) is 13.3. The Morgan fingerprint density at radius 1 is 1.12 bits per heavy atom. The van der Waals surface area contributed by atoms with E-state index >= 15 is 0 Å². The van der Waals surface area contributed by atoms with Gasteiger partial charge in [0.15, 0.2) is 0 Å². The highest BCUT2D eigenvalue weighted by atomic mass is 19.4. The summed E-state index contributed by atoms with van der Waals surface area (Å²) >= 11 is 0. The van der Waals surface area contributed by atoms with Gasteiger partial charge in [0, 0.05) is 12.1 Å². The van der Waals surface area contributed by atoms with Crippen LogP contribution in [0.3, 0.4) is 0 Å². The van der Waals surface area contributed by atoms with E-state index in [0.717, 1.165) is 44.1 Å². The smallest absolute Gasteiger partial charge is 0.420 e. The molecule has 0 aromatic heterocycles. The Morgan fingerprint density at radius 2 is 1.82 bits per heavy atom. The van der Waals surface area contributed by atoms with Gasteiger partial charge in [-0.15, -0.1) is 0 Å². The monoisotopic (exact) mass is 477 g/mol. The Hall–Kier alpha value is -2.28. The average molecular weight is 478 g/mol. The van der Waals surface area contributed by atoms with Gasteiger partial charge in [-0.1, -0.05) is 31.5 Å². The van der Waals surface area contributed by atoms with Crippen LogP contribution >= 0.6 is 0 Å². The van der Waals surface area contributed by atoms with E-state index in [-0.39, 0.29) is 35.2 Å². The maximum Gasteiger partial charge on any atom is 0.420 e. The lowest BCUT2D eigenvalue weighted by Gasteiger charge is -2.29. The first-order valence-corrected chi connectivity index (χ1v) is 12.4. The Morgan fingerprint density at radius 3 is 2.44 bits per heavy atom. The molecule has 0 aliphatic heterocycles. The summed E-state index contributed by atoms with van der Waals surface area (Å²) < 4.78 is 48.8. The van der Waals surface area contributed by atoms with E-state index in [1.807, 2.05) is 13.0 Å².